The maximum absolute atomic E-state index is 5.78. The van der Waals surface area contributed by atoms with Gasteiger partial charge in [0.25, 0.3) is 12.1 Å². The van der Waals surface area contributed by atoms with Crippen LogP contribution in [-0.2, 0) is 6.54 Å². The van der Waals surface area contributed by atoms with Gasteiger partial charge < -0.3 is 5.73 Å². The second-order valence-corrected chi connectivity index (χ2v) is 4.84. The van der Waals surface area contributed by atoms with Gasteiger partial charge in [-0.05, 0) is 24.0 Å². The monoisotopic (exact) mass is 253 g/mol. The molecule has 0 bridgehead atoms. The Morgan fingerprint density at radius 1 is 1.26 bits per heavy atom. The molecule has 0 spiro atoms. The maximum Gasteiger partial charge on any atom is 0.288 e. The van der Waals surface area contributed by atoms with Gasteiger partial charge in [-0.1, -0.05) is 18.2 Å². The zero-order valence-corrected chi connectivity index (χ0v) is 10.9. The van der Waals surface area contributed by atoms with Crippen molar-refractivity contribution >= 4 is 10.9 Å². The van der Waals surface area contributed by atoms with E-state index in [1.165, 1.54) is 10.9 Å². The van der Waals surface area contributed by atoms with Crippen LogP contribution in [0.2, 0.25) is 0 Å². The zero-order chi connectivity index (χ0) is 13.2. The predicted octanol–water partition coefficient (Wildman–Crippen LogP) is 1.66. The summed E-state index contributed by atoms with van der Waals surface area (Å²) in [5.74, 6) is 0.919. The van der Waals surface area contributed by atoms with Crippen LogP contribution in [0.15, 0.2) is 55.1 Å². The number of fused-ring (bicyclic) bond motifs is 1. The number of hydrogen-bond acceptors (Lipinski definition) is 2. The summed E-state index contributed by atoms with van der Waals surface area (Å²) >= 11 is 0. The van der Waals surface area contributed by atoms with E-state index in [4.69, 9.17) is 5.73 Å². The number of hydrogen-bond donors (Lipinski definition) is 1. The fraction of sp³-hybridized carbons (Fsp3) is 0.200. The van der Waals surface area contributed by atoms with E-state index in [-0.39, 0.29) is 6.04 Å². The van der Waals surface area contributed by atoms with Crippen LogP contribution in [0.3, 0.4) is 0 Å². The number of nitrogens with zero attached hydrogens (tertiary/aromatic N) is 3. The van der Waals surface area contributed by atoms with E-state index in [1.54, 1.807) is 0 Å². The fourth-order valence-electron chi connectivity index (χ4n) is 2.24. The molecule has 0 amide bonds. The van der Waals surface area contributed by atoms with Gasteiger partial charge in [0.15, 0.2) is 0 Å². The van der Waals surface area contributed by atoms with Crippen LogP contribution in [0.5, 0.6) is 0 Å². The van der Waals surface area contributed by atoms with Crippen molar-refractivity contribution in [2.45, 2.75) is 19.5 Å². The molecule has 4 heteroatoms. The normalized spacial score (nSPS) is 12.7. The quantitative estimate of drug-likeness (QED) is 0.722. The van der Waals surface area contributed by atoms with Crippen molar-refractivity contribution in [3.63, 3.8) is 0 Å². The van der Waals surface area contributed by atoms with Crippen molar-refractivity contribution in [1.29, 1.82) is 0 Å². The predicted molar refractivity (Wildman–Crippen MR) is 74.9 cm³/mol. The fourth-order valence-corrected chi connectivity index (χ4v) is 2.24. The van der Waals surface area contributed by atoms with Gasteiger partial charge in [-0.2, -0.15) is 0 Å². The highest BCUT2D eigenvalue weighted by Crippen LogP contribution is 2.17. The maximum atomic E-state index is 5.78. The topological polar surface area (TPSA) is 47.7 Å². The molecule has 2 N–H and O–H groups in total. The van der Waals surface area contributed by atoms with E-state index in [0.29, 0.717) is 0 Å². The lowest BCUT2D eigenvalue weighted by atomic mass is 10.2. The summed E-state index contributed by atoms with van der Waals surface area (Å²) in [5.41, 5.74) is 6.94. The largest absolute Gasteiger partial charge is 0.325 e. The van der Waals surface area contributed by atoms with Crippen LogP contribution in [0.1, 0.15) is 6.92 Å². The minimum absolute atomic E-state index is 0.130. The summed E-state index contributed by atoms with van der Waals surface area (Å²) in [6.45, 7) is 2.76. The van der Waals surface area contributed by atoms with E-state index in [9.17, 15) is 0 Å². The van der Waals surface area contributed by atoms with Gasteiger partial charge in [0, 0.05) is 23.7 Å². The summed E-state index contributed by atoms with van der Waals surface area (Å²) < 4.78 is 4.09. The Labute approximate surface area is 112 Å². The Hall–Kier alpha value is -2.20. The standard InChI is InChI=1S/C15H17N4/c1-12(16)10-18-8-7-15(17-11-18)19-9-6-13-4-2-3-5-14(13)19/h2-9,11-12H,10,16H2,1H3/q+1. The lowest BCUT2D eigenvalue weighted by Gasteiger charge is -2.03. The molecule has 2 aromatic heterocycles. The molecule has 19 heavy (non-hydrogen) atoms. The van der Waals surface area contributed by atoms with Crippen LogP contribution in [-0.4, -0.2) is 15.6 Å². The Bertz CT molecular complexity index is 683. The van der Waals surface area contributed by atoms with Gasteiger partial charge in [0.1, 0.15) is 6.54 Å². The average molecular weight is 253 g/mol. The van der Waals surface area contributed by atoms with Gasteiger partial charge >= 0.3 is 0 Å². The highest BCUT2D eigenvalue weighted by atomic mass is 15.1. The number of aromatic nitrogens is 3. The third-order valence-electron chi connectivity index (χ3n) is 3.10. The molecule has 0 saturated heterocycles. The van der Waals surface area contributed by atoms with Crippen LogP contribution in [0.25, 0.3) is 16.7 Å². The Morgan fingerprint density at radius 2 is 2.11 bits per heavy atom. The van der Waals surface area contributed by atoms with Crippen molar-refractivity contribution in [3.8, 4) is 5.82 Å². The van der Waals surface area contributed by atoms with Crippen LogP contribution in [0.4, 0.5) is 0 Å². The lowest BCUT2D eigenvalue weighted by Crippen LogP contribution is -2.42. The molecule has 0 aliphatic rings. The second-order valence-electron chi connectivity index (χ2n) is 4.84. The summed E-state index contributed by atoms with van der Waals surface area (Å²) in [4.78, 5) is 4.49. The number of para-hydroxylation sites is 1. The highest BCUT2D eigenvalue weighted by molar-refractivity contribution is 5.81. The number of benzene rings is 1. The summed E-state index contributed by atoms with van der Waals surface area (Å²) in [5, 5.41) is 1.22. The van der Waals surface area contributed by atoms with Crippen LogP contribution >= 0.6 is 0 Å². The summed E-state index contributed by atoms with van der Waals surface area (Å²) in [6, 6.07) is 12.5. The molecule has 96 valence electrons. The smallest absolute Gasteiger partial charge is 0.288 e. The first kappa shape index (κ1) is 11.9. The van der Waals surface area contributed by atoms with E-state index in [2.05, 4.69) is 27.8 Å². The van der Waals surface area contributed by atoms with Crippen molar-refractivity contribution in [1.82, 2.24) is 9.55 Å². The second kappa shape index (κ2) is 4.82. The first-order valence-electron chi connectivity index (χ1n) is 6.41. The summed E-state index contributed by atoms with van der Waals surface area (Å²) in [6.07, 6.45) is 5.89. The Morgan fingerprint density at radius 3 is 2.84 bits per heavy atom. The number of nitrogens with two attached hydrogens (primary N) is 1. The summed E-state index contributed by atoms with van der Waals surface area (Å²) in [7, 11) is 0. The first-order chi connectivity index (χ1) is 9.24. The molecule has 2 heterocycles. The van der Waals surface area contributed by atoms with E-state index >= 15 is 0 Å². The molecule has 0 fully saturated rings. The molecular formula is C15H17N4+. The third kappa shape index (κ3) is 2.35. The molecule has 3 rings (SSSR count). The molecule has 0 saturated carbocycles. The van der Waals surface area contributed by atoms with Gasteiger partial charge in [-0.15, -0.1) is 0 Å². The molecule has 0 aliphatic carbocycles. The Kier molecular flexibility index (Phi) is 3.01. The molecule has 0 aliphatic heterocycles. The molecular weight excluding hydrogens is 236 g/mol. The molecule has 3 aromatic rings. The van der Waals surface area contributed by atoms with Crippen molar-refractivity contribution in [3.05, 3.63) is 55.1 Å². The van der Waals surface area contributed by atoms with Gasteiger partial charge in [-0.3, -0.25) is 4.57 Å². The van der Waals surface area contributed by atoms with Gasteiger partial charge in [-0.25, -0.2) is 4.57 Å². The van der Waals surface area contributed by atoms with E-state index < -0.39 is 0 Å². The molecule has 0 radical (unpaired) electrons. The molecule has 1 aromatic carbocycles. The van der Waals surface area contributed by atoms with Crippen LogP contribution < -0.4 is 10.3 Å². The SMILES string of the molecule is CC(N)C[n+]1ccc(-n2ccc3ccccc32)nc1. The number of rotatable bonds is 3. The average Bonchev–Trinajstić information content (AvgIpc) is 2.83. The van der Waals surface area contributed by atoms with Crippen LogP contribution in [0, 0.1) is 0 Å². The lowest BCUT2D eigenvalue weighted by molar-refractivity contribution is -0.701. The van der Waals surface area contributed by atoms with Crippen molar-refractivity contribution < 1.29 is 4.57 Å². The molecule has 1 atom stereocenters. The van der Waals surface area contributed by atoms with Gasteiger partial charge in [0.05, 0.1) is 11.7 Å². The van der Waals surface area contributed by atoms with Crippen molar-refractivity contribution in [2.24, 2.45) is 5.73 Å². The molecule has 4 nitrogen and oxygen atoms in total. The minimum Gasteiger partial charge on any atom is -0.325 e. The molecule has 1 unspecified atom stereocenters. The Balaban J connectivity index is 1.98. The van der Waals surface area contributed by atoms with E-state index in [1.807, 2.05) is 48.4 Å². The van der Waals surface area contributed by atoms with E-state index in [0.717, 1.165) is 12.4 Å². The zero-order valence-electron chi connectivity index (χ0n) is 10.9. The minimum atomic E-state index is 0.130. The first-order valence-corrected chi connectivity index (χ1v) is 6.41. The highest BCUT2D eigenvalue weighted by Gasteiger charge is 2.09. The van der Waals surface area contributed by atoms with Gasteiger partial charge in [0.2, 0.25) is 0 Å². The van der Waals surface area contributed by atoms with Crippen molar-refractivity contribution in [2.75, 3.05) is 0 Å². The third-order valence-corrected chi connectivity index (χ3v) is 3.10.